The molecule has 3 atom stereocenters. The van der Waals surface area contributed by atoms with Crippen LogP contribution in [0.15, 0.2) is 97.5 Å². The molecule has 0 amide bonds. The van der Waals surface area contributed by atoms with Crippen LogP contribution in [0.5, 0.6) is 0 Å². The van der Waals surface area contributed by atoms with Crippen LogP contribution in [0.1, 0.15) is 116 Å². The SMILES string of the molecule is C=C(OC(C)=N)/C1=C(\C(C)(CC)c2c(C)cccc2C)CCC2C(C(=C)[n+]3cc(C)c(C(C)C)cc31)c1ccccc1-c1ccc(C)c[n+]12. The summed E-state index contributed by atoms with van der Waals surface area (Å²) in [6.07, 6.45) is 7.26. The molecule has 2 aromatic heterocycles. The van der Waals surface area contributed by atoms with Gasteiger partial charge >= 0.3 is 0 Å². The zero-order chi connectivity index (χ0) is 35.4. The van der Waals surface area contributed by atoms with Gasteiger partial charge in [0.1, 0.15) is 11.7 Å². The normalized spacial score (nSPS) is 19.8. The molecule has 49 heavy (non-hydrogen) atoms. The predicted octanol–water partition coefficient (Wildman–Crippen LogP) is 10.5. The number of rotatable bonds is 6. The Morgan fingerprint density at radius 2 is 1.65 bits per heavy atom. The van der Waals surface area contributed by atoms with E-state index in [9.17, 15) is 0 Å². The number of benzene rings is 2. The van der Waals surface area contributed by atoms with Crippen LogP contribution in [-0.2, 0) is 10.2 Å². The number of nitrogens with one attached hydrogen (secondary N) is 1. The summed E-state index contributed by atoms with van der Waals surface area (Å²) in [6, 6.07) is 22.5. The van der Waals surface area contributed by atoms with Crippen molar-refractivity contribution < 1.29 is 13.9 Å². The number of pyridine rings is 2. The van der Waals surface area contributed by atoms with Gasteiger partial charge < -0.3 is 4.74 Å². The molecule has 0 bridgehead atoms. The average molecular weight is 652 g/mol. The van der Waals surface area contributed by atoms with Crippen molar-refractivity contribution in [1.29, 1.82) is 5.41 Å². The minimum atomic E-state index is -0.332. The summed E-state index contributed by atoms with van der Waals surface area (Å²) in [5, 5.41) is 8.43. The second kappa shape index (κ2) is 13.0. The second-order valence-electron chi connectivity index (χ2n) is 14.9. The first-order chi connectivity index (χ1) is 23.3. The summed E-state index contributed by atoms with van der Waals surface area (Å²) in [7, 11) is 0. The Labute approximate surface area is 294 Å². The number of hydrogen-bond donors (Lipinski definition) is 1. The predicted molar refractivity (Wildman–Crippen MR) is 203 cm³/mol. The van der Waals surface area contributed by atoms with Gasteiger partial charge in [0.25, 0.3) is 0 Å². The van der Waals surface area contributed by atoms with E-state index < -0.39 is 0 Å². The first kappa shape index (κ1) is 34.3. The molecule has 0 saturated heterocycles. The first-order valence-corrected chi connectivity index (χ1v) is 17.9. The number of fused-ring (bicyclic) bond motifs is 7. The van der Waals surface area contributed by atoms with Gasteiger partial charge in [-0.2, -0.15) is 9.13 Å². The summed E-state index contributed by atoms with van der Waals surface area (Å²) >= 11 is 0. The third kappa shape index (κ3) is 5.79. The fraction of sp³-hybridized carbons (Fsp3) is 0.356. The molecule has 2 aliphatic rings. The van der Waals surface area contributed by atoms with Gasteiger partial charge in [-0.15, -0.1) is 0 Å². The van der Waals surface area contributed by atoms with Crippen LogP contribution in [0, 0.1) is 33.1 Å². The molecule has 1 N–H and O–H groups in total. The molecule has 4 heteroatoms. The minimum Gasteiger partial charge on any atom is -0.444 e. The maximum atomic E-state index is 8.43. The van der Waals surface area contributed by atoms with Gasteiger partial charge in [-0.3, -0.25) is 5.41 Å². The van der Waals surface area contributed by atoms with Crippen molar-refractivity contribution in [1.82, 2.24) is 0 Å². The van der Waals surface area contributed by atoms with Crippen molar-refractivity contribution in [3.63, 3.8) is 0 Å². The standard InChI is InChI=1S/C45H53N3O/c1-12-45(11,44-29(5)16-15-17-30(44)6)38-21-23-40-42(36-19-14-13-18-35(36)39-22-20-28(4)25-48(39)40)32(8)47-26-31(7)37(27(2)3)24-41(47)43(38)33(9)49-34(10)46/h13-20,22,24-27,40,42,46H,8-9,12,21,23H2,1-7,10-11H3/q+2/b43-38+,46-34?. The number of allylic oxidation sites excluding steroid dienone is 3. The van der Waals surface area contributed by atoms with Crippen molar-refractivity contribution in [2.24, 2.45) is 0 Å². The van der Waals surface area contributed by atoms with Crippen molar-refractivity contribution in [2.75, 3.05) is 0 Å². The van der Waals surface area contributed by atoms with Crippen LogP contribution in [0.2, 0.25) is 0 Å². The number of aryl methyl sites for hydroxylation is 4. The van der Waals surface area contributed by atoms with Gasteiger partial charge in [-0.1, -0.05) is 70.7 Å². The Hall–Kier alpha value is -4.57. The van der Waals surface area contributed by atoms with E-state index in [1.165, 1.54) is 55.8 Å². The monoisotopic (exact) mass is 651 g/mol. The van der Waals surface area contributed by atoms with Crippen LogP contribution < -0.4 is 9.13 Å². The van der Waals surface area contributed by atoms with E-state index in [1.807, 2.05) is 0 Å². The molecule has 252 valence electrons. The van der Waals surface area contributed by atoms with Gasteiger partial charge in [0.05, 0.1) is 11.1 Å². The highest BCUT2D eigenvalue weighted by Crippen LogP contribution is 2.50. The second-order valence-corrected chi connectivity index (χ2v) is 14.9. The molecular weight excluding hydrogens is 599 g/mol. The zero-order valence-corrected chi connectivity index (χ0v) is 31.0. The quantitative estimate of drug-likeness (QED) is 0.0958. The summed E-state index contributed by atoms with van der Waals surface area (Å²) in [5.41, 5.74) is 15.5. The molecular formula is C45H53N3O+2. The molecule has 2 aromatic carbocycles. The van der Waals surface area contributed by atoms with E-state index in [4.69, 9.17) is 16.7 Å². The van der Waals surface area contributed by atoms with Crippen LogP contribution in [0.4, 0.5) is 0 Å². The van der Waals surface area contributed by atoms with Crippen LogP contribution in [0.25, 0.3) is 22.5 Å². The van der Waals surface area contributed by atoms with Gasteiger partial charge in [0.2, 0.25) is 11.4 Å². The van der Waals surface area contributed by atoms with Gasteiger partial charge in [0.15, 0.2) is 30.0 Å². The van der Waals surface area contributed by atoms with E-state index in [2.05, 4.69) is 144 Å². The molecule has 4 heterocycles. The summed E-state index contributed by atoms with van der Waals surface area (Å²) in [6.45, 7) is 29.4. The number of nitrogens with zero attached hydrogens (tertiary/aromatic N) is 2. The molecule has 6 rings (SSSR count). The van der Waals surface area contributed by atoms with Crippen molar-refractivity contribution in [3.8, 4) is 11.3 Å². The molecule has 0 radical (unpaired) electrons. The van der Waals surface area contributed by atoms with Crippen LogP contribution >= 0.6 is 0 Å². The first-order valence-electron chi connectivity index (χ1n) is 17.9. The highest BCUT2D eigenvalue weighted by molar-refractivity contribution is 5.83. The van der Waals surface area contributed by atoms with E-state index in [-0.39, 0.29) is 23.3 Å². The Morgan fingerprint density at radius 1 is 0.959 bits per heavy atom. The molecule has 0 aliphatic carbocycles. The topological polar surface area (TPSA) is 40.8 Å². The Bertz CT molecular complexity index is 2030. The maximum Gasteiger partial charge on any atom is 0.222 e. The third-order valence-corrected chi connectivity index (χ3v) is 11.3. The number of aromatic nitrogens is 2. The van der Waals surface area contributed by atoms with Crippen LogP contribution in [0.3, 0.4) is 0 Å². The van der Waals surface area contributed by atoms with E-state index in [1.54, 1.807) is 6.92 Å². The molecule has 0 saturated carbocycles. The lowest BCUT2D eigenvalue weighted by atomic mass is 9.67. The van der Waals surface area contributed by atoms with Crippen LogP contribution in [-0.4, -0.2) is 5.90 Å². The summed E-state index contributed by atoms with van der Waals surface area (Å²) < 4.78 is 11.1. The fourth-order valence-corrected chi connectivity index (χ4v) is 8.98. The fourth-order valence-electron chi connectivity index (χ4n) is 8.98. The van der Waals surface area contributed by atoms with Crippen molar-refractivity contribution in [2.45, 2.75) is 105 Å². The minimum absolute atomic E-state index is 0.0379. The molecule has 4 nitrogen and oxygen atoms in total. The van der Waals surface area contributed by atoms with E-state index >= 15 is 0 Å². The summed E-state index contributed by atoms with van der Waals surface area (Å²) in [4.78, 5) is 0. The maximum absolute atomic E-state index is 8.43. The average Bonchev–Trinajstić information content (AvgIpc) is 3.10. The Balaban J connectivity index is 1.76. The highest BCUT2D eigenvalue weighted by atomic mass is 16.5. The van der Waals surface area contributed by atoms with Crippen molar-refractivity contribution >= 4 is 17.2 Å². The highest BCUT2D eigenvalue weighted by Gasteiger charge is 2.48. The molecule has 4 aromatic rings. The zero-order valence-electron chi connectivity index (χ0n) is 31.0. The molecule has 3 unspecified atom stereocenters. The summed E-state index contributed by atoms with van der Waals surface area (Å²) in [5.74, 6) is 1.00. The Morgan fingerprint density at radius 3 is 2.31 bits per heavy atom. The van der Waals surface area contributed by atoms with E-state index in [0.717, 1.165) is 36.2 Å². The third-order valence-electron chi connectivity index (χ3n) is 11.3. The molecule has 0 spiro atoms. The smallest absolute Gasteiger partial charge is 0.222 e. The van der Waals surface area contributed by atoms with Gasteiger partial charge in [-0.25, -0.2) is 0 Å². The van der Waals surface area contributed by atoms with E-state index in [0.29, 0.717) is 11.7 Å². The van der Waals surface area contributed by atoms with Gasteiger partial charge in [0, 0.05) is 42.0 Å². The Kier molecular flexibility index (Phi) is 9.13. The lowest BCUT2D eigenvalue weighted by Gasteiger charge is -2.37. The number of ether oxygens (including phenoxy) is 1. The molecule has 0 fully saturated rings. The lowest BCUT2D eigenvalue weighted by molar-refractivity contribution is -0.720. The lowest BCUT2D eigenvalue weighted by Crippen LogP contribution is -2.51. The van der Waals surface area contributed by atoms with Gasteiger partial charge in [-0.05, 0) is 98.6 Å². The number of hydrogen-bond acceptors (Lipinski definition) is 2. The molecule has 2 aliphatic heterocycles. The van der Waals surface area contributed by atoms with Crippen molar-refractivity contribution in [3.05, 3.63) is 142 Å². The largest absolute Gasteiger partial charge is 0.444 e.